The fourth-order valence-corrected chi connectivity index (χ4v) is 5.06. The van der Waals surface area contributed by atoms with E-state index in [9.17, 15) is 9.59 Å². The Bertz CT molecular complexity index is 979. The Morgan fingerprint density at radius 3 is 2.72 bits per heavy atom. The minimum atomic E-state index is -0.969. The molecule has 1 aliphatic carbocycles. The summed E-state index contributed by atoms with van der Waals surface area (Å²) in [6, 6.07) is 7.91. The summed E-state index contributed by atoms with van der Waals surface area (Å²) in [5, 5.41) is 4.25. The summed E-state index contributed by atoms with van der Waals surface area (Å²) in [5.41, 5.74) is 0.564. The summed E-state index contributed by atoms with van der Waals surface area (Å²) < 4.78 is 12.9. The fraction of sp³-hybridized carbons (Fsp3) is 0.600. The zero-order chi connectivity index (χ0) is 22.7. The standard InChI is InChI=1S/C25H35N3O4/c1-4-32-14-8-13-28-23(29)22-15-18-11-12-20(31-3)16-21(18)27(22)17-25(28,2)24(30)26-19-9-6-5-7-10-19/h11-12,15-16,19H,4-10,13-14,17H2,1-3H3,(H,26,30)/t25-/m1/s1. The van der Waals surface area contributed by atoms with Gasteiger partial charge in [-0.3, -0.25) is 9.59 Å². The topological polar surface area (TPSA) is 72.8 Å². The quantitative estimate of drug-likeness (QED) is 0.634. The van der Waals surface area contributed by atoms with Gasteiger partial charge in [0.15, 0.2) is 0 Å². The average molecular weight is 442 g/mol. The van der Waals surface area contributed by atoms with Crippen LogP contribution in [-0.2, 0) is 16.1 Å². The van der Waals surface area contributed by atoms with Gasteiger partial charge in [-0.25, -0.2) is 0 Å². The molecule has 2 amide bonds. The largest absolute Gasteiger partial charge is 0.497 e. The number of carbonyl (C=O) groups is 2. The molecule has 1 aromatic carbocycles. The predicted octanol–water partition coefficient (Wildman–Crippen LogP) is 3.74. The number of aromatic nitrogens is 1. The third-order valence-electron chi connectivity index (χ3n) is 6.94. The molecule has 1 aliphatic heterocycles. The SMILES string of the molecule is CCOCCCN1C(=O)c2cc3ccc(OC)cc3n2C[C@]1(C)C(=O)NC1CCCCC1. The number of rotatable bonds is 8. The lowest BCUT2D eigenvalue weighted by Gasteiger charge is -2.45. The Morgan fingerprint density at radius 1 is 1.22 bits per heavy atom. The molecule has 7 nitrogen and oxygen atoms in total. The van der Waals surface area contributed by atoms with E-state index in [0.717, 1.165) is 42.3 Å². The Balaban J connectivity index is 1.68. The van der Waals surface area contributed by atoms with Crippen LogP contribution in [0.5, 0.6) is 5.75 Å². The number of fused-ring (bicyclic) bond motifs is 3. The van der Waals surface area contributed by atoms with Crippen LogP contribution >= 0.6 is 0 Å². The monoisotopic (exact) mass is 441 g/mol. The van der Waals surface area contributed by atoms with Gasteiger partial charge in [-0.15, -0.1) is 0 Å². The highest BCUT2D eigenvalue weighted by molar-refractivity contribution is 6.03. The van der Waals surface area contributed by atoms with Crippen LogP contribution < -0.4 is 10.1 Å². The normalized spacial score (nSPS) is 21.6. The van der Waals surface area contributed by atoms with Gasteiger partial charge >= 0.3 is 0 Å². The molecule has 2 heterocycles. The molecule has 7 heteroatoms. The van der Waals surface area contributed by atoms with E-state index >= 15 is 0 Å². The molecular weight excluding hydrogens is 406 g/mol. The minimum absolute atomic E-state index is 0.0652. The van der Waals surface area contributed by atoms with Crippen molar-refractivity contribution in [3.8, 4) is 5.75 Å². The van der Waals surface area contributed by atoms with Gasteiger partial charge in [0.1, 0.15) is 17.0 Å². The molecule has 1 N–H and O–H groups in total. The lowest BCUT2D eigenvalue weighted by Crippen LogP contribution is -2.65. The highest BCUT2D eigenvalue weighted by atomic mass is 16.5. The van der Waals surface area contributed by atoms with Gasteiger partial charge < -0.3 is 24.3 Å². The van der Waals surface area contributed by atoms with Crippen LogP contribution in [0.3, 0.4) is 0 Å². The first-order valence-corrected chi connectivity index (χ1v) is 11.9. The maximum absolute atomic E-state index is 13.7. The molecule has 4 rings (SSSR count). The lowest BCUT2D eigenvalue weighted by atomic mass is 9.91. The highest BCUT2D eigenvalue weighted by Gasteiger charge is 2.47. The minimum Gasteiger partial charge on any atom is -0.497 e. The van der Waals surface area contributed by atoms with Gasteiger partial charge in [0.2, 0.25) is 5.91 Å². The second kappa shape index (κ2) is 9.53. The first kappa shape index (κ1) is 22.6. The number of nitrogens with one attached hydrogen (secondary N) is 1. The molecule has 2 aromatic rings. The van der Waals surface area contributed by atoms with Crippen LogP contribution in [-0.4, -0.2) is 59.7 Å². The van der Waals surface area contributed by atoms with Crippen LogP contribution in [0.25, 0.3) is 10.9 Å². The van der Waals surface area contributed by atoms with E-state index in [4.69, 9.17) is 9.47 Å². The highest BCUT2D eigenvalue weighted by Crippen LogP contribution is 2.34. The first-order chi connectivity index (χ1) is 15.5. The molecule has 32 heavy (non-hydrogen) atoms. The van der Waals surface area contributed by atoms with Crippen molar-refractivity contribution in [2.45, 2.75) is 70.5 Å². The van der Waals surface area contributed by atoms with Gasteiger partial charge in [-0.2, -0.15) is 0 Å². The number of hydrogen-bond acceptors (Lipinski definition) is 4. The molecule has 0 spiro atoms. The molecule has 1 saturated carbocycles. The van der Waals surface area contributed by atoms with E-state index in [1.165, 1.54) is 6.42 Å². The molecule has 0 unspecified atom stereocenters. The van der Waals surface area contributed by atoms with Crippen LogP contribution in [0.15, 0.2) is 24.3 Å². The Morgan fingerprint density at radius 2 is 2.00 bits per heavy atom. The summed E-state index contributed by atoms with van der Waals surface area (Å²) in [5.74, 6) is 0.562. The van der Waals surface area contributed by atoms with Gasteiger partial charge in [0.25, 0.3) is 5.91 Å². The van der Waals surface area contributed by atoms with Gasteiger partial charge in [0, 0.05) is 37.3 Å². The number of benzene rings is 1. The van der Waals surface area contributed by atoms with Crippen molar-refractivity contribution in [2.24, 2.45) is 0 Å². The zero-order valence-corrected chi connectivity index (χ0v) is 19.5. The van der Waals surface area contributed by atoms with Crippen LogP contribution in [0.2, 0.25) is 0 Å². The maximum atomic E-state index is 13.7. The van der Waals surface area contributed by atoms with Crippen molar-refractivity contribution in [3.63, 3.8) is 0 Å². The molecule has 0 radical (unpaired) electrons. The molecule has 0 saturated heterocycles. The predicted molar refractivity (Wildman–Crippen MR) is 124 cm³/mol. The third kappa shape index (κ3) is 4.22. The summed E-state index contributed by atoms with van der Waals surface area (Å²) >= 11 is 0. The molecule has 1 aromatic heterocycles. The Kier molecular flexibility index (Phi) is 6.74. The average Bonchev–Trinajstić information content (AvgIpc) is 3.16. The fourth-order valence-electron chi connectivity index (χ4n) is 5.06. The van der Waals surface area contributed by atoms with Crippen LogP contribution in [0.4, 0.5) is 0 Å². The third-order valence-corrected chi connectivity index (χ3v) is 6.94. The van der Waals surface area contributed by atoms with Gasteiger partial charge in [0.05, 0.1) is 19.2 Å². The van der Waals surface area contributed by atoms with E-state index < -0.39 is 5.54 Å². The summed E-state index contributed by atoms with van der Waals surface area (Å²) in [6.45, 7) is 5.97. The lowest BCUT2D eigenvalue weighted by molar-refractivity contribution is -0.133. The van der Waals surface area contributed by atoms with Crippen molar-refractivity contribution < 1.29 is 19.1 Å². The number of nitrogens with zero attached hydrogens (tertiary/aromatic N) is 2. The van der Waals surface area contributed by atoms with Crippen molar-refractivity contribution in [2.75, 3.05) is 26.9 Å². The van der Waals surface area contributed by atoms with Crippen molar-refractivity contribution in [3.05, 3.63) is 30.0 Å². The molecule has 174 valence electrons. The molecule has 2 aliphatic rings. The second-order valence-corrected chi connectivity index (χ2v) is 9.13. The van der Waals surface area contributed by atoms with Gasteiger partial charge in [-0.1, -0.05) is 19.3 Å². The molecule has 0 bridgehead atoms. The summed E-state index contributed by atoms with van der Waals surface area (Å²) in [7, 11) is 1.63. The van der Waals surface area contributed by atoms with E-state index in [2.05, 4.69) is 5.32 Å². The van der Waals surface area contributed by atoms with E-state index in [1.54, 1.807) is 12.0 Å². The number of carbonyl (C=O) groups excluding carboxylic acids is 2. The number of methoxy groups -OCH3 is 1. The van der Waals surface area contributed by atoms with E-state index in [-0.39, 0.29) is 17.9 Å². The second-order valence-electron chi connectivity index (χ2n) is 9.13. The van der Waals surface area contributed by atoms with E-state index in [1.807, 2.05) is 42.7 Å². The summed E-state index contributed by atoms with van der Waals surface area (Å²) in [4.78, 5) is 29.1. The maximum Gasteiger partial charge on any atom is 0.271 e. The van der Waals surface area contributed by atoms with Crippen molar-refractivity contribution in [1.82, 2.24) is 14.8 Å². The van der Waals surface area contributed by atoms with Crippen LogP contribution in [0, 0.1) is 0 Å². The zero-order valence-electron chi connectivity index (χ0n) is 19.5. The van der Waals surface area contributed by atoms with Gasteiger partial charge in [-0.05, 0) is 51.3 Å². The smallest absolute Gasteiger partial charge is 0.271 e. The van der Waals surface area contributed by atoms with Crippen molar-refractivity contribution in [1.29, 1.82) is 0 Å². The first-order valence-electron chi connectivity index (χ1n) is 11.9. The Labute approximate surface area is 190 Å². The molecule has 1 atom stereocenters. The molecule has 1 fully saturated rings. The number of amides is 2. The summed E-state index contributed by atoms with van der Waals surface area (Å²) in [6.07, 6.45) is 6.23. The number of ether oxygens (including phenoxy) is 2. The Hall–Kier alpha value is -2.54. The van der Waals surface area contributed by atoms with Crippen molar-refractivity contribution >= 4 is 22.7 Å². The number of hydrogen-bond donors (Lipinski definition) is 1. The van der Waals surface area contributed by atoms with Crippen LogP contribution in [0.1, 0.15) is 62.9 Å². The van der Waals surface area contributed by atoms with E-state index in [0.29, 0.717) is 38.4 Å². The molecular formula is C25H35N3O4.